The van der Waals surface area contributed by atoms with Crippen LogP contribution in [0.3, 0.4) is 0 Å². The summed E-state index contributed by atoms with van der Waals surface area (Å²) in [6, 6.07) is 2.99. The van der Waals surface area contributed by atoms with Gasteiger partial charge in [0.15, 0.2) is 11.5 Å². The number of terminal acetylenes is 3. The Labute approximate surface area is 254 Å². The van der Waals surface area contributed by atoms with Crippen LogP contribution in [-0.2, 0) is 19.1 Å². The number of carbonyl (C=O) groups excluding carboxylic acids is 4. The van der Waals surface area contributed by atoms with E-state index in [-0.39, 0.29) is 79.6 Å². The third kappa shape index (κ3) is 16.3. The molecule has 0 unspecified atom stereocenters. The monoisotopic (exact) mass is 595 g/mol. The fraction of sp³-hybridized carbons (Fsp3) is 0.500. The van der Waals surface area contributed by atoms with E-state index in [0.29, 0.717) is 58.2 Å². The van der Waals surface area contributed by atoms with E-state index < -0.39 is 5.97 Å². The normalized spacial score (nSPS) is 9.81. The minimum Gasteiger partial charge on any atom is -0.489 e. The maximum Gasteiger partial charge on any atom is 0.338 e. The topological polar surface area (TPSA) is 141 Å². The standard InChI is InChI=1S/C32H41N3O8/c1-5-8-14-28(36)33-17-11-20-41-26-23-25(32(39)40-4)24-27(42-21-12-18-34-29(37)15-9-6-2)31(26)43-22-13-19-35-30(38)16-10-7-3/h1-3,23-24H,8-22H2,4H3,(H,33,36)(H,34,37)(H,35,38). The van der Waals surface area contributed by atoms with E-state index in [1.165, 1.54) is 19.2 Å². The number of amides is 3. The highest BCUT2D eigenvalue weighted by Gasteiger charge is 2.19. The molecular weight excluding hydrogens is 554 g/mol. The lowest BCUT2D eigenvalue weighted by atomic mass is 10.1. The summed E-state index contributed by atoms with van der Waals surface area (Å²) < 4.78 is 22.8. The molecule has 1 aromatic rings. The van der Waals surface area contributed by atoms with Crippen LogP contribution < -0.4 is 30.2 Å². The minimum absolute atomic E-state index is 0.147. The van der Waals surface area contributed by atoms with Crippen molar-refractivity contribution in [3.8, 4) is 54.3 Å². The van der Waals surface area contributed by atoms with Crippen molar-refractivity contribution in [3.05, 3.63) is 17.7 Å². The van der Waals surface area contributed by atoms with E-state index in [2.05, 4.69) is 33.7 Å². The van der Waals surface area contributed by atoms with Crippen molar-refractivity contribution < 1.29 is 38.1 Å². The molecule has 0 aliphatic carbocycles. The van der Waals surface area contributed by atoms with Crippen molar-refractivity contribution in [1.29, 1.82) is 0 Å². The number of benzene rings is 1. The van der Waals surface area contributed by atoms with Gasteiger partial charge < -0.3 is 34.9 Å². The second-order valence-electron chi connectivity index (χ2n) is 9.06. The van der Waals surface area contributed by atoms with Crippen molar-refractivity contribution in [2.75, 3.05) is 46.6 Å². The molecule has 0 aliphatic rings. The predicted molar refractivity (Wildman–Crippen MR) is 161 cm³/mol. The molecule has 0 aromatic heterocycles. The number of hydrogen-bond acceptors (Lipinski definition) is 8. The lowest BCUT2D eigenvalue weighted by Gasteiger charge is -2.18. The summed E-state index contributed by atoms with van der Waals surface area (Å²) in [5.41, 5.74) is 0.186. The van der Waals surface area contributed by atoms with Crippen molar-refractivity contribution in [3.63, 3.8) is 0 Å². The molecule has 0 atom stereocenters. The predicted octanol–water partition coefficient (Wildman–Crippen LogP) is 2.37. The first-order valence-electron chi connectivity index (χ1n) is 14.1. The van der Waals surface area contributed by atoms with Crippen LogP contribution in [0.1, 0.15) is 68.1 Å². The number of esters is 1. The molecule has 1 rings (SSSR count). The maximum atomic E-state index is 12.4. The van der Waals surface area contributed by atoms with Gasteiger partial charge in [-0.15, -0.1) is 37.0 Å². The highest BCUT2D eigenvalue weighted by molar-refractivity contribution is 5.91. The first kappa shape index (κ1) is 36.2. The van der Waals surface area contributed by atoms with Crippen molar-refractivity contribution in [2.45, 2.75) is 57.8 Å². The molecule has 0 saturated heterocycles. The Hall–Kier alpha value is -4.82. The average molecular weight is 596 g/mol. The zero-order valence-corrected chi connectivity index (χ0v) is 24.8. The molecule has 0 radical (unpaired) electrons. The molecule has 0 spiro atoms. The highest BCUT2D eigenvalue weighted by atomic mass is 16.5. The van der Waals surface area contributed by atoms with E-state index in [9.17, 15) is 19.2 Å². The summed E-state index contributed by atoms with van der Waals surface area (Å²) in [7, 11) is 1.26. The molecule has 11 heteroatoms. The maximum absolute atomic E-state index is 12.4. The number of ether oxygens (including phenoxy) is 4. The average Bonchev–Trinajstić information content (AvgIpc) is 3.01. The van der Waals surface area contributed by atoms with E-state index >= 15 is 0 Å². The van der Waals surface area contributed by atoms with Crippen LogP contribution in [0.25, 0.3) is 0 Å². The molecule has 0 bridgehead atoms. The molecular formula is C32H41N3O8. The van der Waals surface area contributed by atoms with E-state index in [4.69, 9.17) is 38.2 Å². The van der Waals surface area contributed by atoms with Crippen LogP contribution in [0.5, 0.6) is 17.2 Å². The smallest absolute Gasteiger partial charge is 0.338 e. The molecule has 3 amide bonds. The summed E-state index contributed by atoms with van der Waals surface area (Å²) in [6.45, 7) is 1.71. The van der Waals surface area contributed by atoms with Gasteiger partial charge >= 0.3 is 5.97 Å². The number of nitrogens with one attached hydrogen (secondary N) is 3. The van der Waals surface area contributed by atoms with E-state index in [1.807, 2.05) is 0 Å². The lowest BCUT2D eigenvalue weighted by molar-refractivity contribution is -0.121. The third-order valence-electron chi connectivity index (χ3n) is 5.62. The zero-order chi connectivity index (χ0) is 31.7. The highest BCUT2D eigenvalue weighted by Crippen LogP contribution is 2.39. The van der Waals surface area contributed by atoms with Gasteiger partial charge in [-0.25, -0.2) is 4.79 Å². The second kappa shape index (κ2) is 22.8. The number of carbonyl (C=O) groups is 4. The molecule has 0 saturated carbocycles. The van der Waals surface area contributed by atoms with Crippen LogP contribution in [0.15, 0.2) is 12.1 Å². The van der Waals surface area contributed by atoms with Gasteiger partial charge in [-0.1, -0.05) is 0 Å². The van der Waals surface area contributed by atoms with Crippen molar-refractivity contribution >= 4 is 23.7 Å². The third-order valence-corrected chi connectivity index (χ3v) is 5.62. The van der Waals surface area contributed by atoms with Gasteiger partial charge in [0.2, 0.25) is 23.5 Å². The van der Waals surface area contributed by atoms with Crippen LogP contribution >= 0.6 is 0 Å². The van der Waals surface area contributed by atoms with Gasteiger partial charge in [-0.2, -0.15) is 0 Å². The molecule has 11 nitrogen and oxygen atoms in total. The van der Waals surface area contributed by atoms with Crippen LogP contribution in [-0.4, -0.2) is 70.3 Å². The Morgan fingerprint density at radius 3 is 1.37 bits per heavy atom. The van der Waals surface area contributed by atoms with E-state index in [0.717, 1.165) is 0 Å². The van der Waals surface area contributed by atoms with Crippen molar-refractivity contribution in [2.24, 2.45) is 0 Å². The molecule has 43 heavy (non-hydrogen) atoms. The Morgan fingerprint density at radius 1 is 0.651 bits per heavy atom. The van der Waals surface area contributed by atoms with Crippen LogP contribution in [0.4, 0.5) is 0 Å². The van der Waals surface area contributed by atoms with Crippen LogP contribution in [0.2, 0.25) is 0 Å². The molecule has 0 aliphatic heterocycles. The molecule has 0 heterocycles. The van der Waals surface area contributed by atoms with Gasteiger partial charge in [0.1, 0.15) is 0 Å². The van der Waals surface area contributed by atoms with Gasteiger partial charge in [-0.05, 0) is 31.4 Å². The summed E-state index contributed by atoms with van der Waals surface area (Å²) >= 11 is 0. The SMILES string of the molecule is C#CCCC(=O)NCCCOc1cc(C(=O)OC)cc(OCCCNC(=O)CCC#C)c1OCCCNC(=O)CCC#C. The Bertz CT molecular complexity index is 1120. The fourth-order valence-electron chi connectivity index (χ4n) is 3.43. The first-order valence-corrected chi connectivity index (χ1v) is 14.1. The summed E-state index contributed by atoms with van der Waals surface area (Å²) in [5, 5.41) is 8.31. The summed E-state index contributed by atoms with van der Waals surface area (Å²) in [5.74, 6) is 6.99. The largest absolute Gasteiger partial charge is 0.489 e. The Morgan fingerprint density at radius 2 is 1.02 bits per heavy atom. The van der Waals surface area contributed by atoms with E-state index in [1.54, 1.807) is 0 Å². The van der Waals surface area contributed by atoms with Gasteiger partial charge in [-0.3, -0.25) is 14.4 Å². The zero-order valence-electron chi connectivity index (χ0n) is 24.8. The number of rotatable bonds is 22. The minimum atomic E-state index is -0.600. The lowest BCUT2D eigenvalue weighted by Crippen LogP contribution is -2.25. The number of hydrogen-bond donors (Lipinski definition) is 3. The molecule has 3 N–H and O–H groups in total. The van der Waals surface area contributed by atoms with Crippen molar-refractivity contribution in [1.82, 2.24) is 16.0 Å². The molecule has 1 aromatic carbocycles. The van der Waals surface area contributed by atoms with Gasteiger partial charge in [0, 0.05) is 58.2 Å². The summed E-state index contributed by atoms with van der Waals surface area (Å²) in [4.78, 5) is 47.8. The molecule has 232 valence electrons. The van der Waals surface area contributed by atoms with Gasteiger partial charge in [0.25, 0.3) is 0 Å². The second-order valence-corrected chi connectivity index (χ2v) is 9.06. The summed E-state index contributed by atoms with van der Waals surface area (Å²) in [6.07, 6.45) is 18.8. The van der Waals surface area contributed by atoms with Gasteiger partial charge in [0.05, 0.1) is 32.5 Å². The first-order chi connectivity index (χ1) is 20.9. The Balaban J connectivity index is 2.94. The quantitative estimate of drug-likeness (QED) is 0.105. The fourth-order valence-corrected chi connectivity index (χ4v) is 3.43. The van der Waals surface area contributed by atoms with Crippen LogP contribution in [0, 0.1) is 37.0 Å². The molecule has 0 fully saturated rings. The number of methoxy groups -OCH3 is 1. The Kier molecular flexibility index (Phi) is 19.2.